The molecule has 0 aliphatic heterocycles. The van der Waals surface area contributed by atoms with Gasteiger partial charge in [-0.15, -0.1) is 0 Å². The summed E-state index contributed by atoms with van der Waals surface area (Å²) in [4.78, 5) is 0. The van der Waals surface area contributed by atoms with Gasteiger partial charge in [0.25, 0.3) is 0 Å². The summed E-state index contributed by atoms with van der Waals surface area (Å²) >= 11 is 0. The molecule has 104 valence electrons. The SMILES string of the molecule is CCc1cccc(-c2ccc(CNC3CC3)c(F)c2)c1. The Morgan fingerprint density at radius 2 is 1.90 bits per heavy atom. The zero-order valence-electron chi connectivity index (χ0n) is 11.8. The number of aryl methyl sites for hydroxylation is 1. The van der Waals surface area contributed by atoms with Crippen molar-refractivity contribution >= 4 is 0 Å². The van der Waals surface area contributed by atoms with Crippen molar-refractivity contribution in [1.29, 1.82) is 0 Å². The van der Waals surface area contributed by atoms with Gasteiger partial charge in [0.1, 0.15) is 5.82 Å². The minimum atomic E-state index is -0.113. The Hall–Kier alpha value is -1.67. The minimum absolute atomic E-state index is 0.113. The van der Waals surface area contributed by atoms with Crippen LogP contribution >= 0.6 is 0 Å². The fourth-order valence-corrected chi connectivity index (χ4v) is 2.38. The number of benzene rings is 2. The molecule has 0 aromatic heterocycles. The van der Waals surface area contributed by atoms with E-state index in [1.165, 1.54) is 18.4 Å². The van der Waals surface area contributed by atoms with E-state index in [0.29, 0.717) is 12.6 Å². The highest BCUT2D eigenvalue weighted by Crippen LogP contribution is 2.24. The van der Waals surface area contributed by atoms with E-state index >= 15 is 0 Å². The van der Waals surface area contributed by atoms with E-state index < -0.39 is 0 Å². The van der Waals surface area contributed by atoms with Crippen LogP contribution in [0.4, 0.5) is 4.39 Å². The van der Waals surface area contributed by atoms with Crippen molar-refractivity contribution in [2.75, 3.05) is 0 Å². The van der Waals surface area contributed by atoms with Gasteiger partial charge >= 0.3 is 0 Å². The molecule has 1 N–H and O–H groups in total. The fraction of sp³-hybridized carbons (Fsp3) is 0.333. The molecular weight excluding hydrogens is 249 g/mol. The van der Waals surface area contributed by atoms with Crippen LogP contribution in [0.15, 0.2) is 42.5 Å². The van der Waals surface area contributed by atoms with Gasteiger partial charge in [-0.25, -0.2) is 4.39 Å². The lowest BCUT2D eigenvalue weighted by atomic mass is 10.0. The van der Waals surface area contributed by atoms with Crippen molar-refractivity contribution < 1.29 is 4.39 Å². The molecule has 2 heteroatoms. The van der Waals surface area contributed by atoms with E-state index in [1.807, 2.05) is 24.3 Å². The molecule has 3 rings (SSSR count). The first-order valence-corrected chi connectivity index (χ1v) is 7.37. The van der Waals surface area contributed by atoms with E-state index in [9.17, 15) is 4.39 Å². The topological polar surface area (TPSA) is 12.0 Å². The first-order chi connectivity index (χ1) is 9.76. The van der Waals surface area contributed by atoms with Gasteiger partial charge < -0.3 is 5.32 Å². The molecule has 1 nitrogen and oxygen atoms in total. The van der Waals surface area contributed by atoms with Crippen molar-refractivity contribution in [1.82, 2.24) is 5.32 Å². The van der Waals surface area contributed by atoms with Crippen LogP contribution in [0.1, 0.15) is 30.9 Å². The number of halogens is 1. The molecule has 0 unspecified atom stereocenters. The maximum atomic E-state index is 14.1. The lowest BCUT2D eigenvalue weighted by Crippen LogP contribution is -2.16. The van der Waals surface area contributed by atoms with Gasteiger partial charge in [-0.3, -0.25) is 0 Å². The van der Waals surface area contributed by atoms with Gasteiger partial charge in [-0.2, -0.15) is 0 Å². The van der Waals surface area contributed by atoms with Gasteiger partial charge in [0.05, 0.1) is 0 Å². The Balaban J connectivity index is 1.80. The highest BCUT2D eigenvalue weighted by atomic mass is 19.1. The highest BCUT2D eigenvalue weighted by Gasteiger charge is 2.20. The van der Waals surface area contributed by atoms with Crippen LogP contribution < -0.4 is 5.32 Å². The van der Waals surface area contributed by atoms with Crippen molar-refractivity contribution in [3.63, 3.8) is 0 Å². The molecule has 0 amide bonds. The van der Waals surface area contributed by atoms with Gasteiger partial charge in [0, 0.05) is 18.2 Å². The standard InChI is InChI=1S/C18H20FN/c1-2-13-4-3-5-14(10-13)15-6-7-16(18(19)11-15)12-20-17-8-9-17/h3-7,10-11,17,20H,2,8-9,12H2,1H3. The van der Waals surface area contributed by atoms with Crippen molar-refractivity contribution in [2.24, 2.45) is 0 Å². The van der Waals surface area contributed by atoms with Gasteiger partial charge in [-0.1, -0.05) is 43.3 Å². The summed E-state index contributed by atoms with van der Waals surface area (Å²) in [6.45, 7) is 2.76. The maximum absolute atomic E-state index is 14.1. The van der Waals surface area contributed by atoms with E-state index in [1.54, 1.807) is 6.07 Å². The molecule has 0 spiro atoms. The van der Waals surface area contributed by atoms with Gasteiger partial charge in [-0.05, 0) is 42.0 Å². The molecule has 1 fully saturated rings. The molecule has 0 saturated heterocycles. The summed E-state index contributed by atoms with van der Waals surface area (Å²) in [5.41, 5.74) is 4.08. The van der Waals surface area contributed by atoms with Crippen LogP contribution in [0.3, 0.4) is 0 Å². The number of rotatable bonds is 5. The number of hydrogen-bond donors (Lipinski definition) is 1. The fourth-order valence-electron chi connectivity index (χ4n) is 2.38. The average Bonchev–Trinajstić information content (AvgIpc) is 3.30. The molecule has 1 aliphatic rings. The van der Waals surface area contributed by atoms with E-state index in [2.05, 4.69) is 24.4 Å². The lowest BCUT2D eigenvalue weighted by Gasteiger charge is -2.08. The van der Waals surface area contributed by atoms with Gasteiger partial charge in [0.2, 0.25) is 0 Å². The number of hydrogen-bond acceptors (Lipinski definition) is 1. The van der Waals surface area contributed by atoms with Crippen LogP contribution in [0.2, 0.25) is 0 Å². The molecular formula is C18H20FN. The Kier molecular flexibility index (Phi) is 3.83. The highest BCUT2D eigenvalue weighted by molar-refractivity contribution is 5.64. The molecule has 0 bridgehead atoms. The molecule has 0 heterocycles. The lowest BCUT2D eigenvalue weighted by molar-refractivity contribution is 0.587. The second kappa shape index (κ2) is 5.76. The van der Waals surface area contributed by atoms with E-state index in [0.717, 1.165) is 23.1 Å². The van der Waals surface area contributed by atoms with Crippen LogP contribution in [0, 0.1) is 5.82 Å². The number of nitrogens with one attached hydrogen (secondary N) is 1. The summed E-state index contributed by atoms with van der Waals surface area (Å²) in [6, 6.07) is 14.5. The van der Waals surface area contributed by atoms with Gasteiger partial charge in [0.15, 0.2) is 0 Å². The van der Waals surface area contributed by atoms with E-state index in [4.69, 9.17) is 0 Å². The zero-order valence-corrected chi connectivity index (χ0v) is 11.8. The summed E-state index contributed by atoms with van der Waals surface area (Å²) in [5.74, 6) is -0.113. The maximum Gasteiger partial charge on any atom is 0.128 e. The first-order valence-electron chi connectivity index (χ1n) is 7.37. The monoisotopic (exact) mass is 269 g/mol. The summed E-state index contributed by atoms with van der Waals surface area (Å²) < 4.78 is 14.1. The van der Waals surface area contributed by atoms with Crippen LogP contribution in [-0.2, 0) is 13.0 Å². The molecule has 2 aromatic carbocycles. The first kappa shape index (κ1) is 13.3. The van der Waals surface area contributed by atoms with Crippen LogP contribution in [0.25, 0.3) is 11.1 Å². The van der Waals surface area contributed by atoms with E-state index in [-0.39, 0.29) is 5.82 Å². The molecule has 20 heavy (non-hydrogen) atoms. The average molecular weight is 269 g/mol. The molecule has 0 atom stereocenters. The van der Waals surface area contributed by atoms with Crippen LogP contribution in [-0.4, -0.2) is 6.04 Å². The third-order valence-corrected chi connectivity index (χ3v) is 3.88. The minimum Gasteiger partial charge on any atom is -0.310 e. The largest absolute Gasteiger partial charge is 0.310 e. The molecule has 1 aliphatic carbocycles. The quantitative estimate of drug-likeness (QED) is 0.853. The van der Waals surface area contributed by atoms with Crippen LogP contribution in [0.5, 0.6) is 0 Å². The predicted molar refractivity (Wildman–Crippen MR) is 81.1 cm³/mol. The third-order valence-electron chi connectivity index (χ3n) is 3.88. The summed E-state index contributed by atoms with van der Waals surface area (Å²) in [6.07, 6.45) is 3.45. The Bertz CT molecular complexity index is 602. The molecule has 1 saturated carbocycles. The van der Waals surface area contributed by atoms with Crippen molar-refractivity contribution in [3.05, 3.63) is 59.4 Å². The third kappa shape index (κ3) is 3.07. The normalized spacial score (nSPS) is 14.5. The summed E-state index contributed by atoms with van der Waals surface area (Å²) in [5, 5.41) is 3.35. The second-order valence-electron chi connectivity index (χ2n) is 5.52. The summed E-state index contributed by atoms with van der Waals surface area (Å²) in [7, 11) is 0. The van der Waals surface area contributed by atoms with Crippen molar-refractivity contribution in [2.45, 2.75) is 38.8 Å². The molecule has 2 aromatic rings. The Morgan fingerprint density at radius 1 is 1.10 bits per heavy atom. The predicted octanol–water partition coefficient (Wildman–Crippen LogP) is 4.31. The second-order valence-corrected chi connectivity index (χ2v) is 5.52. The van der Waals surface area contributed by atoms with Crippen molar-refractivity contribution in [3.8, 4) is 11.1 Å². The Morgan fingerprint density at radius 3 is 2.60 bits per heavy atom. The Labute approximate surface area is 119 Å². The zero-order chi connectivity index (χ0) is 13.9. The smallest absolute Gasteiger partial charge is 0.128 e. The molecule has 0 radical (unpaired) electrons.